The fourth-order valence-electron chi connectivity index (χ4n) is 4.02. The average molecular weight is 407 g/mol. The molecule has 4 heterocycles. The Morgan fingerprint density at radius 1 is 1.27 bits per heavy atom. The van der Waals surface area contributed by atoms with Crippen LogP contribution in [0.1, 0.15) is 29.8 Å². The molecule has 1 N–H and O–H groups in total. The molecule has 5 rings (SSSR count). The number of morpholine rings is 1. The van der Waals surface area contributed by atoms with Crippen molar-refractivity contribution in [3.8, 4) is 5.75 Å². The van der Waals surface area contributed by atoms with Crippen LogP contribution in [0.3, 0.4) is 0 Å². The van der Waals surface area contributed by atoms with E-state index in [0.29, 0.717) is 30.3 Å². The fraction of sp³-hybridized carbons (Fsp3) is 0.409. The lowest BCUT2D eigenvalue weighted by Crippen LogP contribution is -2.36. The van der Waals surface area contributed by atoms with E-state index in [2.05, 4.69) is 46.3 Å². The Kier molecular flexibility index (Phi) is 4.78. The molecule has 3 aromatic rings. The van der Waals surface area contributed by atoms with Crippen LogP contribution in [0.25, 0.3) is 5.65 Å². The first-order valence-corrected chi connectivity index (χ1v) is 10.4. The van der Waals surface area contributed by atoms with E-state index in [9.17, 15) is 4.79 Å². The quantitative estimate of drug-likeness (QED) is 0.716. The van der Waals surface area contributed by atoms with Gasteiger partial charge < -0.3 is 19.7 Å². The summed E-state index contributed by atoms with van der Waals surface area (Å²) in [6, 6.07) is 5.90. The molecule has 0 radical (unpaired) electrons. The molecule has 1 unspecified atom stereocenters. The van der Waals surface area contributed by atoms with E-state index < -0.39 is 0 Å². The predicted molar refractivity (Wildman–Crippen MR) is 113 cm³/mol. The predicted octanol–water partition coefficient (Wildman–Crippen LogP) is 2.78. The van der Waals surface area contributed by atoms with Crippen molar-refractivity contribution in [2.24, 2.45) is 5.92 Å². The number of ether oxygens (including phenoxy) is 2. The number of rotatable bonds is 4. The molecule has 0 bridgehead atoms. The molecule has 1 amide bonds. The van der Waals surface area contributed by atoms with Crippen LogP contribution in [0.2, 0.25) is 0 Å². The van der Waals surface area contributed by atoms with Gasteiger partial charge in [-0.2, -0.15) is 5.10 Å². The summed E-state index contributed by atoms with van der Waals surface area (Å²) in [6.45, 7) is 7.21. The van der Waals surface area contributed by atoms with Gasteiger partial charge in [-0.1, -0.05) is 13.8 Å². The molecular formula is C22H25N5O3. The van der Waals surface area contributed by atoms with Crippen LogP contribution in [-0.2, 0) is 11.2 Å². The van der Waals surface area contributed by atoms with Gasteiger partial charge in [-0.3, -0.25) is 4.79 Å². The standard InChI is InChI=1S/C22H25N5O3/c1-14(2)19-11-15-10-17(18(12-20(15)30-19)26-6-8-29-9-7-26)25-22(28)16-13-24-27-5-3-4-23-21(16)27/h3-5,10,12-14,19H,6-9,11H2,1-2H3,(H,25,28). The Hall–Kier alpha value is -3.13. The van der Waals surface area contributed by atoms with E-state index in [1.54, 1.807) is 29.2 Å². The zero-order chi connectivity index (χ0) is 20.7. The van der Waals surface area contributed by atoms with Gasteiger partial charge in [-0.05, 0) is 18.1 Å². The third-order valence-corrected chi connectivity index (χ3v) is 5.75. The summed E-state index contributed by atoms with van der Waals surface area (Å²) in [7, 11) is 0. The first kappa shape index (κ1) is 18.9. The Bertz CT molecular complexity index is 1090. The van der Waals surface area contributed by atoms with Crippen molar-refractivity contribution in [3.05, 3.63) is 47.9 Å². The van der Waals surface area contributed by atoms with E-state index >= 15 is 0 Å². The maximum Gasteiger partial charge on any atom is 0.261 e. The van der Waals surface area contributed by atoms with Gasteiger partial charge in [0.05, 0.1) is 30.8 Å². The lowest BCUT2D eigenvalue weighted by molar-refractivity contribution is 0.102. The molecule has 2 aliphatic rings. The van der Waals surface area contributed by atoms with Crippen LogP contribution in [0.5, 0.6) is 5.75 Å². The highest BCUT2D eigenvalue weighted by molar-refractivity contribution is 6.09. The molecule has 0 aliphatic carbocycles. The third kappa shape index (κ3) is 3.37. The van der Waals surface area contributed by atoms with E-state index in [4.69, 9.17) is 9.47 Å². The Morgan fingerprint density at radius 3 is 2.90 bits per heavy atom. The SMILES string of the molecule is CC(C)C1Cc2cc(NC(=O)c3cnn4cccnc34)c(N3CCOCC3)cc2O1. The van der Waals surface area contributed by atoms with Gasteiger partial charge in [-0.25, -0.2) is 9.50 Å². The maximum atomic E-state index is 13.1. The van der Waals surface area contributed by atoms with Crippen molar-refractivity contribution in [2.45, 2.75) is 26.4 Å². The summed E-state index contributed by atoms with van der Waals surface area (Å²) in [5, 5.41) is 7.33. The second-order valence-corrected chi connectivity index (χ2v) is 8.08. The van der Waals surface area contributed by atoms with Gasteiger partial charge >= 0.3 is 0 Å². The summed E-state index contributed by atoms with van der Waals surface area (Å²) in [6.07, 6.45) is 5.99. The van der Waals surface area contributed by atoms with Gasteiger partial charge in [-0.15, -0.1) is 0 Å². The van der Waals surface area contributed by atoms with Crippen molar-refractivity contribution < 1.29 is 14.3 Å². The average Bonchev–Trinajstić information content (AvgIpc) is 3.38. The fourth-order valence-corrected chi connectivity index (χ4v) is 4.02. The summed E-state index contributed by atoms with van der Waals surface area (Å²) in [4.78, 5) is 19.6. The topological polar surface area (TPSA) is 81.0 Å². The molecule has 8 heteroatoms. The highest BCUT2D eigenvalue weighted by Gasteiger charge is 2.29. The van der Waals surface area contributed by atoms with Crippen LogP contribution in [0, 0.1) is 5.92 Å². The Labute approximate surface area is 174 Å². The molecule has 1 saturated heterocycles. The number of benzene rings is 1. The minimum atomic E-state index is -0.225. The van der Waals surface area contributed by atoms with Crippen molar-refractivity contribution in [3.63, 3.8) is 0 Å². The first-order valence-electron chi connectivity index (χ1n) is 10.4. The van der Waals surface area contributed by atoms with Crippen LogP contribution in [0.15, 0.2) is 36.8 Å². The van der Waals surface area contributed by atoms with Gasteiger partial charge in [0.15, 0.2) is 5.65 Å². The number of nitrogens with zero attached hydrogens (tertiary/aromatic N) is 4. The van der Waals surface area contributed by atoms with E-state index in [1.807, 2.05) is 0 Å². The second-order valence-electron chi connectivity index (χ2n) is 8.08. The molecule has 2 aliphatic heterocycles. The van der Waals surface area contributed by atoms with Crippen LogP contribution in [0.4, 0.5) is 11.4 Å². The minimum Gasteiger partial charge on any atom is -0.489 e. The molecule has 1 atom stereocenters. The van der Waals surface area contributed by atoms with Gasteiger partial charge in [0.1, 0.15) is 17.4 Å². The molecule has 30 heavy (non-hydrogen) atoms. The highest BCUT2D eigenvalue weighted by atomic mass is 16.5. The molecule has 0 spiro atoms. The molecule has 2 aromatic heterocycles. The molecule has 0 saturated carbocycles. The molecule has 156 valence electrons. The summed E-state index contributed by atoms with van der Waals surface area (Å²) < 4.78 is 13.3. The minimum absolute atomic E-state index is 0.160. The number of amides is 1. The van der Waals surface area contributed by atoms with Crippen LogP contribution >= 0.6 is 0 Å². The Morgan fingerprint density at radius 2 is 2.10 bits per heavy atom. The highest BCUT2D eigenvalue weighted by Crippen LogP contribution is 2.40. The van der Waals surface area contributed by atoms with Gasteiger partial charge in [0.2, 0.25) is 0 Å². The number of aromatic nitrogens is 3. The van der Waals surface area contributed by atoms with Crippen LogP contribution < -0.4 is 15.0 Å². The lowest BCUT2D eigenvalue weighted by Gasteiger charge is -2.31. The summed E-state index contributed by atoms with van der Waals surface area (Å²) >= 11 is 0. The maximum absolute atomic E-state index is 13.1. The third-order valence-electron chi connectivity index (χ3n) is 5.75. The van der Waals surface area contributed by atoms with Crippen molar-refractivity contribution >= 4 is 22.9 Å². The molecular weight excluding hydrogens is 382 g/mol. The number of hydrogen-bond acceptors (Lipinski definition) is 6. The van der Waals surface area contributed by atoms with Crippen molar-refractivity contribution in [1.82, 2.24) is 14.6 Å². The molecule has 1 fully saturated rings. The normalized spacial score (nSPS) is 18.5. The number of nitrogens with one attached hydrogen (secondary N) is 1. The lowest BCUT2D eigenvalue weighted by atomic mass is 10.0. The van der Waals surface area contributed by atoms with E-state index in [1.165, 1.54) is 0 Å². The van der Waals surface area contributed by atoms with E-state index in [0.717, 1.165) is 42.2 Å². The second kappa shape index (κ2) is 7.60. The van der Waals surface area contributed by atoms with E-state index in [-0.39, 0.29) is 12.0 Å². The van der Waals surface area contributed by atoms with Gasteiger partial charge in [0, 0.05) is 43.5 Å². The number of hydrogen-bond donors (Lipinski definition) is 1. The number of carbonyl (C=O) groups excluding carboxylic acids is 1. The zero-order valence-corrected chi connectivity index (χ0v) is 17.2. The van der Waals surface area contributed by atoms with Crippen LogP contribution in [-0.4, -0.2) is 52.9 Å². The molecule has 1 aromatic carbocycles. The first-order chi connectivity index (χ1) is 14.6. The van der Waals surface area contributed by atoms with Crippen molar-refractivity contribution in [2.75, 3.05) is 36.5 Å². The van der Waals surface area contributed by atoms with Gasteiger partial charge in [0.25, 0.3) is 5.91 Å². The number of carbonyl (C=O) groups is 1. The summed E-state index contributed by atoms with van der Waals surface area (Å²) in [5.74, 6) is 1.11. The smallest absolute Gasteiger partial charge is 0.261 e. The summed E-state index contributed by atoms with van der Waals surface area (Å²) in [5.41, 5.74) is 3.84. The number of anilines is 2. The zero-order valence-electron chi connectivity index (χ0n) is 17.2. The Balaban J connectivity index is 1.50. The number of fused-ring (bicyclic) bond motifs is 2. The largest absolute Gasteiger partial charge is 0.489 e. The monoisotopic (exact) mass is 407 g/mol. The molecule has 8 nitrogen and oxygen atoms in total. The van der Waals surface area contributed by atoms with Crippen molar-refractivity contribution in [1.29, 1.82) is 0 Å².